The predicted molar refractivity (Wildman–Crippen MR) is 191 cm³/mol. The van der Waals surface area contributed by atoms with E-state index in [0.29, 0.717) is 0 Å². The van der Waals surface area contributed by atoms with Gasteiger partial charge in [-0.15, -0.1) is 0 Å². The molecule has 0 rings (SSSR count). The third kappa shape index (κ3) is 137. The minimum absolute atomic E-state index is 0. The van der Waals surface area contributed by atoms with Gasteiger partial charge in [-0.05, 0) is 0 Å². The molecule has 0 fully saturated rings. The Morgan fingerprint density at radius 1 is 0.333 bits per heavy atom. The molecule has 0 aliphatic carbocycles. The first-order valence-corrected chi connectivity index (χ1v) is 17.4. The minimum atomic E-state index is -3.61. The number of hydrogen-bond donors (Lipinski definition) is 7. The topological polar surface area (TPSA) is 269 Å². The lowest BCUT2D eigenvalue weighted by molar-refractivity contribution is 0.131. The van der Waals surface area contributed by atoms with E-state index < -0.39 is 35.2 Å². The van der Waals surface area contributed by atoms with Gasteiger partial charge in [0.15, 0.2) is 0 Å². The Bertz CT molecular complexity index is 292. The quantitative estimate of drug-likeness (QED) is 0.186. The molecule has 0 aliphatic heterocycles. The molecule has 0 aromatic carbocycles. The van der Waals surface area contributed by atoms with Gasteiger partial charge in [0.05, 0.1) is 0 Å². The van der Waals surface area contributed by atoms with Crippen LogP contribution in [0.15, 0.2) is 0 Å². The van der Waals surface area contributed by atoms with E-state index in [1.807, 2.05) is 13.1 Å². The smallest absolute Gasteiger partial charge is 0.412 e. The van der Waals surface area contributed by atoms with Crippen LogP contribution in [0.4, 0.5) is 0 Å². The molecule has 0 radical (unpaired) electrons. The first-order valence-electron chi connectivity index (χ1n) is 8.30. The summed E-state index contributed by atoms with van der Waals surface area (Å²) in [4.78, 5) is 39.9. The lowest BCUT2D eigenvalue weighted by Gasteiger charge is -2.18. The van der Waals surface area contributed by atoms with Crippen molar-refractivity contribution in [1.29, 1.82) is 0 Å². The molecule has 0 aliphatic rings. The number of aliphatic hydroxyl groups excluding tert-OH is 2. The predicted octanol–water partition coefficient (Wildman–Crippen LogP) is 2.00. The molecule has 0 aromatic rings. The zero-order valence-corrected chi connectivity index (χ0v) is 26.0. The molecule has 0 amide bonds. The fraction of sp³-hybridized carbons (Fsp3) is 1.00. The van der Waals surface area contributed by atoms with Gasteiger partial charge in [0, 0.05) is 90.2 Å². The largest absolute Gasteiger partial charge is 0.496 e. The summed E-state index contributed by atoms with van der Waals surface area (Å²) in [7, 11) is 1.68. The van der Waals surface area contributed by atoms with Crippen LogP contribution in [-0.2, 0) is 31.0 Å². The van der Waals surface area contributed by atoms with Crippen molar-refractivity contribution in [2.75, 3.05) is 64.0 Å². The van der Waals surface area contributed by atoms with Crippen molar-refractivity contribution in [3.8, 4) is 0 Å². The highest BCUT2D eigenvalue weighted by molar-refractivity contribution is 6.59. The molecule has 42 heavy (non-hydrogen) atoms. The van der Waals surface area contributed by atoms with Crippen molar-refractivity contribution in [2.45, 2.75) is 93.0 Å². The van der Waals surface area contributed by atoms with Gasteiger partial charge in [-0.2, -0.15) is 0 Å². The molecule has 0 atom stereocenters. The van der Waals surface area contributed by atoms with Crippen molar-refractivity contribution in [1.82, 2.24) is 0 Å². The summed E-state index contributed by atoms with van der Waals surface area (Å²) in [5, 5.41) is 14.0. The Balaban J connectivity index is -0.0000000118. The molecule has 0 spiro atoms. The Morgan fingerprint density at radius 2 is 0.405 bits per heavy atom. The van der Waals surface area contributed by atoms with E-state index >= 15 is 0 Å². The van der Waals surface area contributed by atoms with Crippen molar-refractivity contribution in [2.24, 2.45) is 0 Å². The molecule has 20 heteroatoms. The summed E-state index contributed by atoms with van der Waals surface area (Å²) in [5.41, 5.74) is 0. The van der Waals surface area contributed by atoms with E-state index in [1.165, 1.54) is 13.7 Å². The molecule has 0 unspecified atom stereocenters. The van der Waals surface area contributed by atoms with Crippen LogP contribution in [0.2, 0.25) is 26.2 Å². The zero-order valence-electron chi connectivity index (χ0n) is 22.0. The Hall–Kier alpha value is 0.228. The Morgan fingerprint density at radius 3 is 0.405 bits per heavy atom. The summed E-state index contributed by atoms with van der Waals surface area (Å²) < 4.78 is 33.8. The monoisotopic (exact) mass is 718 g/mol. The van der Waals surface area contributed by atoms with Crippen LogP contribution in [0.1, 0.15) is 66.8 Å². The standard InChI is InChI=1S/2C4H12O3Si.C2H8O3Si.CH6O3Si.2CH4O.9CH4.2H2O/c2*1-5-8(4,6-2)7-3;1-5-6(2,3)4;1-5(2,3)4;2*1-2;;;;;;;;;;;/h2*1-4H3;3-4H,1-2H3;2-4H,1H3;2*2H,1H3;9*1H4;2*1H2. The van der Waals surface area contributed by atoms with Gasteiger partial charge in [0.2, 0.25) is 0 Å². The van der Waals surface area contributed by atoms with Crippen molar-refractivity contribution >= 4 is 35.2 Å². The van der Waals surface area contributed by atoms with Gasteiger partial charge >= 0.3 is 35.2 Å². The van der Waals surface area contributed by atoms with Gasteiger partial charge in [0.1, 0.15) is 0 Å². The van der Waals surface area contributed by atoms with Crippen LogP contribution in [-0.4, -0.2) is 144 Å². The number of rotatable bonds is 7. The van der Waals surface area contributed by atoms with E-state index in [-0.39, 0.29) is 77.8 Å². The minimum Gasteiger partial charge on any atom is -0.412 e. The van der Waals surface area contributed by atoms with Crippen LogP contribution in [0.25, 0.3) is 0 Å². The maximum atomic E-state index is 8.30. The fourth-order valence-electron chi connectivity index (χ4n) is 0.500. The molecule has 0 bridgehead atoms. The molecule has 286 valence electrons. The number of hydrogen-bond acceptors (Lipinski definition) is 14. The fourth-order valence-corrected chi connectivity index (χ4v) is 1.50. The normalized spacial score (nSPS) is 8.00. The summed E-state index contributed by atoms with van der Waals surface area (Å²) in [5.74, 6) is 0. The first-order chi connectivity index (χ1) is 13.9. The summed E-state index contributed by atoms with van der Waals surface area (Å²) in [6.45, 7) is 5.92. The molecule has 0 saturated heterocycles. The molecular weight excluding hydrogens is 633 g/mol. The van der Waals surface area contributed by atoms with Gasteiger partial charge in [0.25, 0.3) is 0 Å². The van der Waals surface area contributed by atoms with Crippen LogP contribution in [0.5, 0.6) is 0 Å². The highest BCUT2D eigenvalue weighted by atomic mass is 28.4. The van der Waals surface area contributed by atoms with Crippen LogP contribution in [0.3, 0.4) is 0 Å². The summed E-state index contributed by atoms with van der Waals surface area (Å²) >= 11 is 0. The van der Waals surface area contributed by atoms with Crippen LogP contribution in [0, 0.1) is 0 Å². The van der Waals surface area contributed by atoms with Gasteiger partial charge in [-0.25, -0.2) is 0 Å². The van der Waals surface area contributed by atoms with E-state index in [4.69, 9.17) is 60.7 Å². The number of aliphatic hydroxyl groups is 2. The van der Waals surface area contributed by atoms with E-state index in [0.717, 1.165) is 20.8 Å². The molecule has 0 aromatic heterocycles. The summed E-state index contributed by atoms with van der Waals surface area (Å²) in [6, 6.07) is 0. The molecule has 0 saturated carbocycles. The molecule has 16 nitrogen and oxygen atoms in total. The molecule has 11 N–H and O–H groups in total. The van der Waals surface area contributed by atoms with Crippen molar-refractivity contribution in [3.63, 3.8) is 0 Å². The Labute approximate surface area is 268 Å². The lowest BCUT2D eigenvalue weighted by Crippen LogP contribution is -2.38. The Kier molecular flexibility index (Phi) is 184. The average molecular weight is 719 g/mol. The van der Waals surface area contributed by atoms with Crippen molar-refractivity contribution < 1.29 is 76.1 Å². The van der Waals surface area contributed by atoms with E-state index in [9.17, 15) is 0 Å². The second kappa shape index (κ2) is 68.4. The highest BCUT2D eigenvalue weighted by Gasteiger charge is 2.30. The second-order valence-electron chi connectivity index (χ2n) is 5.06. The van der Waals surface area contributed by atoms with Gasteiger partial charge < -0.3 is 76.1 Å². The van der Waals surface area contributed by atoms with Gasteiger partial charge in [-0.3, -0.25) is 0 Å². The average Bonchev–Trinajstić information content (AvgIpc) is 2.74. The molecule has 0 heterocycles. The van der Waals surface area contributed by atoms with Gasteiger partial charge in [-0.1, -0.05) is 66.8 Å². The van der Waals surface area contributed by atoms with Crippen LogP contribution >= 0.6 is 0 Å². The van der Waals surface area contributed by atoms with Crippen molar-refractivity contribution in [3.05, 3.63) is 0 Å². The third-order valence-electron chi connectivity index (χ3n) is 2.61. The lowest BCUT2D eigenvalue weighted by atomic mass is 11.8. The first kappa shape index (κ1) is 113. The third-order valence-corrected chi connectivity index (χ3v) is 7.83. The maximum absolute atomic E-state index is 8.30. The van der Waals surface area contributed by atoms with Crippen LogP contribution < -0.4 is 0 Å². The SMILES string of the molecule is C.C.C.C.C.C.C.C.C.CO.CO.CO[Si](C)(O)O.CO[Si](C)(OC)OC.CO[Si](C)(OC)OC.C[Si](O)(O)O.O.O. The second-order valence-corrected chi connectivity index (χ2v) is 15.2. The van der Waals surface area contributed by atoms with E-state index in [1.54, 1.807) is 42.7 Å². The van der Waals surface area contributed by atoms with E-state index in [2.05, 4.69) is 4.43 Å². The zero-order chi connectivity index (χ0) is 26.9. The molecular formula is C22H86O16Si4. The summed E-state index contributed by atoms with van der Waals surface area (Å²) in [6.07, 6.45) is 0. The maximum Gasteiger partial charge on any atom is 0.496 e. The highest BCUT2D eigenvalue weighted by Crippen LogP contribution is 2.02.